The smallest absolute Gasteiger partial charge is 0.214 e. The number of nitrogens with zero attached hydrogens (tertiary/aromatic N) is 2. The number of nitrogens with one attached hydrogen (secondary N) is 2. The second kappa shape index (κ2) is 8.75. The van der Waals surface area contributed by atoms with Crippen molar-refractivity contribution >= 4 is 50.9 Å². The Hall–Kier alpha value is -5.55. The van der Waals surface area contributed by atoms with Crippen LogP contribution in [0.15, 0.2) is 109 Å². The third-order valence-corrected chi connectivity index (χ3v) is 7.53. The fraction of sp³-hybridized carbons (Fsp3) is 0. The number of ketones is 1. The molecule has 188 valence electrons. The molecule has 6 aromatic rings. The van der Waals surface area contributed by atoms with Gasteiger partial charge < -0.3 is 9.97 Å². The number of aromatic nitrogens is 4. The lowest BCUT2D eigenvalue weighted by atomic mass is 10.00. The number of rotatable bonds is 2. The van der Waals surface area contributed by atoms with Crippen LogP contribution in [0.1, 0.15) is 27.4 Å². The van der Waals surface area contributed by atoms with Gasteiger partial charge >= 0.3 is 0 Å². The maximum Gasteiger partial charge on any atom is 0.214 e. The van der Waals surface area contributed by atoms with Crippen LogP contribution >= 0.6 is 0 Å². The molecular weight excluding hydrogens is 492 g/mol. The minimum atomic E-state index is -0.0783. The Morgan fingerprint density at radius 1 is 0.575 bits per heavy atom. The Morgan fingerprint density at radius 3 is 2.08 bits per heavy atom. The van der Waals surface area contributed by atoms with Crippen molar-refractivity contribution in [1.82, 2.24) is 19.9 Å². The molecule has 5 heteroatoms. The van der Waals surface area contributed by atoms with Crippen LogP contribution in [0.2, 0.25) is 0 Å². The van der Waals surface area contributed by atoms with E-state index < -0.39 is 0 Å². The normalized spacial score (nSPS) is 12.4. The predicted molar refractivity (Wildman–Crippen MR) is 162 cm³/mol. The summed E-state index contributed by atoms with van der Waals surface area (Å²) in [5.41, 5.74) is 10.8. The molecular formula is C35H22N4O. The first-order chi connectivity index (χ1) is 19.7. The van der Waals surface area contributed by atoms with Crippen molar-refractivity contribution < 1.29 is 4.79 Å². The highest BCUT2D eigenvalue weighted by Gasteiger charge is 2.25. The van der Waals surface area contributed by atoms with Crippen molar-refractivity contribution in [2.75, 3.05) is 0 Å². The lowest BCUT2D eigenvalue weighted by Crippen LogP contribution is -1.99. The fourth-order valence-electron chi connectivity index (χ4n) is 5.69. The van der Waals surface area contributed by atoms with E-state index in [1.165, 1.54) is 0 Å². The lowest BCUT2D eigenvalue weighted by molar-refractivity contribution is 0.104. The molecule has 0 radical (unpaired) electrons. The number of carbonyl (C=O) groups is 1. The molecule has 3 aromatic carbocycles. The molecule has 0 aliphatic carbocycles. The molecule has 0 spiro atoms. The SMILES string of the molecule is O=C1c2nc3c1cccc3c1ccc([nH]1)c(-c1ccccc1)c1nc(cc3ccc([nH]3)c2-c2ccccc2)C=C1. The highest BCUT2D eigenvalue weighted by Crippen LogP contribution is 2.35. The summed E-state index contributed by atoms with van der Waals surface area (Å²) in [5, 5.41) is 0.885. The van der Waals surface area contributed by atoms with Crippen LogP contribution in [0, 0.1) is 0 Å². The van der Waals surface area contributed by atoms with Gasteiger partial charge in [0.15, 0.2) is 0 Å². The quantitative estimate of drug-likeness (QED) is 0.244. The van der Waals surface area contributed by atoms with Crippen LogP contribution in [-0.2, 0) is 0 Å². The third kappa shape index (κ3) is 3.52. The highest BCUT2D eigenvalue weighted by molar-refractivity contribution is 6.22. The first-order valence-electron chi connectivity index (χ1n) is 13.2. The van der Waals surface area contributed by atoms with Gasteiger partial charge in [-0.3, -0.25) is 4.79 Å². The number of H-pyrrole nitrogens is 2. The van der Waals surface area contributed by atoms with Crippen molar-refractivity contribution in [2.24, 2.45) is 0 Å². The van der Waals surface area contributed by atoms with Crippen molar-refractivity contribution in [3.8, 4) is 22.3 Å². The van der Waals surface area contributed by atoms with Crippen molar-refractivity contribution in [3.05, 3.63) is 132 Å². The monoisotopic (exact) mass is 514 g/mol. The van der Waals surface area contributed by atoms with E-state index in [0.29, 0.717) is 16.8 Å². The van der Waals surface area contributed by atoms with E-state index in [4.69, 9.17) is 9.97 Å². The van der Waals surface area contributed by atoms with Gasteiger partial charge in [0.25, 0.3) is 0 Å². The van der Waals surface area contributed by atoms with Crippen LogP contribution in [0.3, 0.4) is 0 Å². The lowest BCUT2D eigenvalue weighted by Gasteiger charge is -2.04. The van der Waals surface area contributed by atoms with Gasteiger partial charge in [-0.1, -0.05) is 72.8 Å². The Morgan fingerprint density at radius 2 is 1.27 bits per heavy atom. The summed E-state index contributed by atoms with van der Waals surface area (Å²) >= 11 is 0. The number of hydrogen-bond acceptors (Lipinski definition) is 3. The molecule has 0 unspecified atom stereocenters. The molecule has 0 saturated heterocycles. The molecule has 5 nitrogen and oxygen atoms in total. The number of para-hydroxylation sites is 1. The van der Waals surface area contributed by atoms with Crippen molar-refractivity contribution in [2.45, 2.75) is 0 Å². The van der Waals surface area contributed by atoms with E-state index in [2.05, 4.69) is 40.3 Å². The molecule has 5 heterocycles. The molecule has 0 amide bonds. The summed E-state index contributed by atoms with van der Waals surface area (Å²) in [6.07, 6.45) is 4.09. The first kappa shape index (κ1) is 22.4. The number of aromatic amines is 2. The van der Waals surface area contributed by atoms with Crippen LogP contribution in [-0.4, -0.2) is 25.7 Å². The van der Waals surface area contributed by atoms with E-state index in [1.807, 2.05) is 91.0 Å². The predicted octanol–water partition coefficient (Wildman–Crippen LogP) is 8.20. The number of fused-ring (bicyclic) bond motifs is 8. The molecule has 8 bridgehead atoms. The summed E-state index contributed by atoms with van der Waals surface area (Å²) in [5.74, 6) is -0.0783. The Balaban J connectivity index is 1.57. The number of benzene rings is 3. The molecule has 0 fully saturated rings. The molecule has 0 atom stereocenters. The minimum absolute atomic E-state index is 0.0783. The average Bonchev–Trinajstić information content (AvgIpc) is 3.80. The highest BCUT2D eigenvalue weighted by atomic mass is 16.1. The Labute approximate surface area is 229 Å². The Kier molecular flexibility index (Phi) is 4.91. The molecule has 40 heavy (non-hydrogen) atoms. The standard InChI is InChI=1S/C35H22N4O/c40-35-26-13-7-12-25-27-18-19-29(38-27)31(21-8-3-1-4-9-21)28-16-14-23(36-28)20-24-15-17-30(37-24)32(34(35)39-33(25)26)22-10-5-2-6-11-22/h1-20,37-38H. The van der Waals surface area contributed by atoms with Crippen LogP contribution in [0.4, 0.5) is 0 Å². The average molecular weight is 515 g/mol. The third-order valence-electron chi connectivity index (χ3n) is 7.53. The van der Waals surface area contributed by atoms with Gasteiger partial charge in [-0.25, -0.2) is 9.97 Å². The van der Waals surface area contributed by atoms with Gasteiger partial charge in [-0.15, -0.1) is 0 Å². The van der Waals surface area contributed by atoms with Crippen LogP contribution in [0.25, 0.3) is 67.4 Å². The zero-order chi connectivity index (χ0) is 26.6. The molecule has 2 aliphatic heterocycles. The van der Waals surface area contributed by atoms with Crippen molar-refractivity contribution in [3.63, 3.8) is 0 Å². The molecule has 3 aromatic heterocycles. The number of carbonyl (C=O) groups excluding carboxylic acids is 1. The van der Waals surface area contributed by atoms with Gasteiger partial charge in [0.1, 0.15) is 5.69 Å². The molecule has 0 saturated carbocycles. The maximum atomic E-state index is 13.9. The second-order valence-electron chi connectivity index (χ2n) is 9.99. The second-order valence-corrected chi connectivity index (χ2v) is 9.99. The summed E-state index contributed by atoms with van der Waals surface area (Å²) in [6.45, 7) is 0. The molecule has 2 N–H and O–H groups in total. The number of hydrogen-bond donors (Lipinski definition) is 2. The van der Waals surface area contributed by atoms with Crippen molar-refractivity contribution in [1.29, 1.82) is 0 Å². The zero-order valence-corrected chi connectivity index (χ0v) is 21.3. The van der Waals surface area contributed by atoms with E-state index in [0.717, 1.165) is 61.1 Å². The summed E-state index contributed by atoms with van der Waals surface area (Å²) in [7, 11) is 0. The van der Waals surface area contributed by atoms with Crippen LogP contribution < -0.4 is 0 Å². The van der Waals surface area contributed by atoms with Gasteiger partial charge in [0.05, 0.1) is 22.5 Å². The van der Waals surface area contributed by atoms with E-state index in [1.54, 1.807) is 0 Å². The maximum absolute atomic E-state index is 13.9. The topological polar surface area (TPSA) is 74.4 Å². The minimum Gasteiger partial charge on any atom is -0.355 e. The largest absolute Gasteiger partial charge is 0.355 e. The fourth-order valence-corrected chi connectivity index (χ4v) is 5.69. The van der Waals surface area contributed by atoms with Gasteiger partial charge in [0, 0.05) is 38.6 Å². The first-order valence-corrected chi connectivity index (χ1v) is 13.2. The van der Waals surface area contributed by atoms with Gasteiger partial charge in [-0.2, -0.15) is 0 Å². The summed E-state index contributed by atoms with van der Waals surface area (Å²) in [6, 6.07) is 36.2. The molecule has 2 aliphatic rings. The zero-order valence-electron chi connectivity index (χ0n) is 21.3. The van der Waals surface area contributed by atoms with E-state index >= 15 is 0 Å². The Bertz CT molecular complexity index is 2170. The van der Waals surface area contributed by atoms with Crippen LogP contribution in [0.5, 0.6) is 0 Å². The summed E-state index contributed by atoms with van der Waals surface area (Å²) < 4.78 is 0. The van der Waals surface area contributed by atoms with Gasteiger partial charge in [0.2, 0.25) is 5.78 Å². The van der Waals surface area contributed by atoms with E-state index in [-0.39, 0.29) is 5.78 Å². The summed E-state index contributed by atoms with van der Waals surface area (Å²) in [4.78, 5) is 31.1. The molecule has 8 rings (SSSR count). The van der Waals surface area contributed by atoms with E-state index in [9.17, 15) is 4.79 Å². The van der Waals surface area contributed by atoms with Gasteiger partial charge in [-0.05, 0) is 59.7 Å².